The molecule has 0 fully saturated rings. The Balaban J connectivity index is 1.97. The van der Waals surface area contributed by atoms with Crippen molar-refractivity contribution in [2.45, 2.75) is 18.9 Å². The van der Waals surface area contributed by atoms with E-state index in [1.807, 2.05) is 13.0 Å². The van der Waals surface area contributed by atoms with Gasteiger partial charge in [-0.1, -0.05) is 40.9 Å². The fraction of sp³-hybridized carbons (Fsp3) is 0.176. The molecule has 0 saturated heterocycles. The van der Waals surface area contributed by atoms with Crippen LogP contribution in [0.25, 0.3) is 0 Å². The number of fused-ring (bicyclic) bond motifs is 1. The first-order valence-corrected chi connectivity index (χ1v) is 7.70. The zero-order valence-corrected chi connectivity index (χ0v) is 13.7. The van der Waals surface area contributed by atoms with Crippen molar-refractivity contribution in [3.8, 4) is 0 Å². The number of aryl methyl sites for hydroxylation is 1. The zero-order chi connectivity index (χ0) is 16.8. The molecule has 2 aromatic carbocycles. The van der Waals surface area contributed by atoms with Crippen molar-refractivity contribution < 1.29 is 14.7 Å². The number of carbonyl (C=O) groups is 2. The minimum absolute atomic E-state index is 0.189. The van der Waals surface area contributed by atoms with Crippen LogP contribution < -0.4 is 5.32 Å². The summed E-state index contributed by atoms with van der Waals surface area (Å²) < 4.78 is 0. The average Bonchev–Trinajstić information content (AvgIpc) is 2.70. The Kier molecular flexibility index (Phi) is 3.92. The maximum absolute atomic E-state index is 12.5. The summed E-state index contributed by atoms with van der Waals surface area (Å²) >= 11 is 11.8. The summed E-state index contributed by atoms with van der Waals surface area (Å²) in [6, 6.07) is 9.71. The Labute approximate surface area is 143 Å². The van der Waals surface area contributed by atoms with E-state index < -0.39 is 23.7 Å². The van der Waals surface area contributed by atoms with Crippen LogP contribution in [0.15, 0.2) is 36.4 Å². The number of amides is 1. The molecule has 0 radical (unpaired) electrons. The minimum atomic E-state index is -1.90. The molecule has 23 heavy (non-hydrogen) atoms. The van der Waals surface area contributed by atoms with Crippen LogP contribution in [0.4, 0.5) is 5.69 Å². The van der Waals surface area contributed by atoms with Gasteiger partial charge < -0.3 is 10.4 Å². The number of benzene rings is 2. The smallest absolute Gasteiger partial charge is 0.261 e. The predicted molar refractivity (Wildman–Crippen MR) is 89.1 cm³/mol. The minimum Gasteiger partial charge on any atom is -0.375 e. The quantitative estimate of drug-likeness (QED) is 0.830. The van der Waals surface area contributed by atoms with Gasteiger partial charge in [-0.15, -0.1) is 0 Å². The number of Topliss-reactive ketones (excluding diaryl/α,β-unsaturated/α-hetero) is 1. The standard InChI is InChI=1S/C17H13Cl2NO3/c1-9-2-5-14-12(6-9)17(23,16(22)20-14)8-15(21)11-4-3-10(18)7-13(11)19/h2-7,23H,8H2,1H3,(H,20,22)/t17-/m1/s1. The molecule has 0 aromatic heterocycles. The second kappa shape index (κ2) is 5.64. The second-order valence-electron chi connectivity index (χ2n) is 5.59. The van der Waals surface area contributed by atoms with Crippen LogP contribution in [0.1, 0.15) is 27.9 Å². The van der Waals surface area contributed by atoms with E-state index in [-0.39, 0.29) is 10.6 Å². The maximum Gasteiger partial charge on any atom is 0.261 e. The van der Waals surface area contributed by atoms with Crippen molar-refractivity contribution in [3.63, 3.8) is 0 Å². The lowest BCUT2D eigenvalue weighted by molar-refractivity contribution is -0.133. The van der Waals surface area contributed by atoms with Crippen molar-refractivity contribution in [2.75, 3.05) is 5.32 Å². The molecule has 6 heteroatoms. The van der Waals surface area contributed by atoms with E-state index in [0.29, 0.717) is 16.3 Å². The summed E-state index contributed by atoms with van der Waals surface area (Å²) in [7, 11) is 0. The Morgan fingerprint density at radius 2 is 1.96 bits per heavy atom. The van der Waals surface area contributed by atoms with Crippen molar-refractivity contribution >= 4 is 40.6 Å². The largest absolute Gasteiger partial charge is 0.375 e. The Morgan fingerprint density at radius 1 is 1.22 bits per heavy atom. The number of nitrogens with one attached hydrogen (secondary N) is 1. The molecule has 0 saturated carbocycles. The number of rotatable bonds is 3. The van der Waals surface area contributed by atoms with E-state index in [1.165, 1.54) is 18.2 Å². The molecule has 0 spiro atoms. The summed E-state index contributed by atoms with van der Waals surface area (Å²) in [4.78, 5) is 24.7. The van der Waals surface area contributed by atoms with E-state index in [0.717, 1.165) is 5.56 Å². The molecule has 1 aliphatic rings. The van der Waals surface area contributed by atoms with Gasteiger partial charge in [0.05, 0.1) is 11.4 Å². The fourth-order valence-electron chi connectivity index (χ4n) is 2.68. The number of aliphatic hydroxyl groups is 1. The molecule has 1 amide bonds. The number of hydrogen-bond acceptors (Lipinski definition) is 3. The van der Waals surface area contributed by atoms with Gasteiger partial charge in [-0.3, -0.25) is 9.59 Å². The molecule has 2 aromatic rings. The van der Waals surface area contributed by atoms with Crippen LogP contribution in [0, 0.1) is 6.92 Å². The van der Waals surface area contributed by atoms with Crippen LogP contribution in [-0.4, -0.2) is 16.8 Å². The van der Waals surface area contributed by atoms with Crippen molar-refractivity contribution in [1.82, 2.24) is 0 Å². The van der Waals surface area contributed by atoms with Crippen molar-refractivity contribution in [2.24, 2.45) is 0 Å². The van der Waals surface area contributed by atoms with Crippen LogP contribution in [0.2, 0.25) is 10.0 Å². The van der Waals surface area contributed by atoms with Gasteiger partial charge in [0, 0.05) is 21.8 Å². The monoisotopic (exact) mass is 349 g/mol. The summed E-state index contributed by atoms with van der Waals surface area (Å²) in [5.41, 5.74) is 0.120. The summed E-state index contributed by atoms with van der Waals surface area (Å²) in [5, 5.41) is 14.0. The maximum atomic E-state index is 12.5. The molecular weight excluding hydrogens is 337 g/mol. The highest BCUT2D eigenvalue weighted by Crippen LogP contribution is 2.40. The molecule has 0 bridgehead atoms. The number of halogens is 2. The fourth-order valence-corrected chi connectivity index (χ4v) is 3.19. The van der Waals surface area contributed by atoms with Crippen LogP contribution in [-0.2, 0) is 10.4 Å². The third kappa shape index (κ3) is 2.74. The van der Waals surface area contributed by atoms with E-state index in [9.17, 15) is 14.7 Å². The third-order valence-corrected chi connectivity index (χ3v) is 4.44. The van der Waals surface area contributed by atoms with Gasteiger partial charge in [0.15, 0.2) is 11.4 Å². The average molecular weight is 350 g/mol. The predicted octanol–water partition coefficient (Wildman–Crippen LogP) is 3.71. The topological polar surface area (TPSA) is 66.4 Å². The van der Waals surface area contributed by atoms with E-state index >= 15 is 0 Å². The number of anilines is 1. The summed E-state index contributed by atoms with van der Waals surface area (Å²) in [6.45, 7) is 1.85. The first-order valence-electron chi connectivity index (χ1n) is 6.94. The van der Waals surface area contributed by atoms with Gasteiger partial charge in [0.25, 0.3) is 5.91 Å². The molecule has 2 N–H and O–H groups in total. The molecular formula is C17H13Cl2NO3. The Hall–Kier alpha value is -1.88. The number of ketones is 1. The molecule has 1 aliphatic heterocycles. The zero-order valence-electron chi connectivity index (χ0n) is 12.2. The third-order valence-electron chi connectivity index (χ3n) is 3.89. The first-order chi connectivity index (χ1) is 10.8. The van der Waals surface area contributed by atoms with E-state index in [2.05, 4.69) is 5.32 Å². The summed E-state index contributed by atoms with van der Waals surface area (Å²) in [5.74, 6) is -1.05. The summed E-state index contributed by atoms with van der Waals surface area (Å²) in [6.07, 6.45) is -0.392. The van der Waals surface area contributed by atoms with Crippen LogP contribution in [0.3, 0.4) is 0 Å². The lowest BCUT2D eigenvalue weighted by atomic mass is 9.87. The number of carbonyl (C=O) groups excluding carboxylic acids is 2. The first kappa shape index (κ1) is 16.0. The van der Waals surface area contributed by atoms with Crippen molar-refractivity contribution in [3.05, 3.63) is 63.1 Å². The van der Waals surface area contributed by atoms with Crippen molar-refractivity contribution in [1.29, 1.82) is 0 Å². The number of hydrogen-bond donors (Lipinski definition) is 2. The second-order valence-corrected chi connectivity index (χ2v) is 6.43. The van der Waals surface area contributed by atoms with Crippen LogP contribution in [0.5, 0.6) is 0 Å². The molecule has 3 rings (SSSR count). The highest BCUT2D eigenvalue weighted by Gasteiger charge is 2.47. The highest BCUT2D eigenvalue weighted by atomic mass is 35.5. The molecule has 0 unspecified atom stereocenters. The Bertz CT molecular complexity index is 835. The van der Waals surface area contributed by atoms with Gasteiger partial charge in [0.2, 0.25) is 0 Å². The van der Waals surface area contributed by atoms with Gasteiger partial charge in [-0.25, -0.2) is 0 Å². The molecule has 1 atom stereocenters. The van der Waals surface area contributed by atoms with Gasteiger partial charge in [-0.2, -0.15) is 0 Å². The van der Waals surface area contributed by atoms with Gasteiger partial charge >= 0.3 is 0 Å². The normalized spacial score (nSPS) is 19.4. The van der Waals surface area contributed by atoms with Gasteiger partial charge in [-0.05, 0) is 31.2 Å². The van der Waals surface area contributed by atoms with Gasteiger partial charge in [0.1, 0.15) is 0 Å². The molecule has 1 heterocycles. The van der Waals surface area contributed by atoms with Crippen LogP contribution >= 0.6 is 23.2 Å². The SMILES string of the molecule is Cc1ccc2c(c1)[C@](O)(CC(=O)c1ccc(Cl)cc1Cl)C(=O)N2. The van der Waals surface area contributed by atoms with E-state index in [4.69, 9.17) is 23.2 Å². The highest BCUT2D eigenvalue weighted by molar-refractivity contribution is 6.37. The molecule has 4 nitrogen and oxygen atoms in total. The molecule has 118 valence electrons. The molecule has 0 aliphatic carbocycles. The lowest BCUT2D eigenvalue weighted by Crippen LogP contribution is -2.36. The lowest BCUT2D eigenvalue weighted by Gasteiger charge is -2.20. The Morgan fingerprint density at radius 3 is 2.65 bits per heavy atom. The van der Waals surface area contributed by atoms with E-state index in [1.54, 1.807) is 12.1 Å².